The van der Waals surface area contributed by atoms with E-state index in [9.17, 15) is 4.79 Å². The Labute approximate surface area is 65.5 Å². The van der Waals surface area contributed by atoms with Crippen LogP contribution in [0.3, 0.4) is 0 Å². The molecule has 3 nitrogen and oxygen atoms in total. The van der Waals surface area contributed by atoms with Crippen molar-refractivity contribution >= 4 is 0 Å². The van der Waals surface area contributed by atoms with Gasteiger partial charge in [-0.3, -0.25) is 4.79 Å². The fourth-order valence-electron chi connectivity index (χ4n) is 0.922. The van der Waals surface area contributed by atoms with Crippen LogP contribution in [0.15, 0.2) is 29.2 Å². The molecule has 0 saturated heterocycles. The van der Waals surface area contributed by atoms with Crippen LogP contribution in [0.25, 0.3) is 0 Å². The van der Waals surface area contributed by atoms with Gasteiger partial charge in [0.05, 0.1) is 0 Å². The maximum absolute atomic E-state index is 11.1. The molecule has 0 aromatic carbocycles. The molecule has 60 valence electrons. The molecule has 0 bridgehead atoms. The summed E-state index contributed by atoms with van der Waals surface area (Å²) in [4.78, 5) is 11.1. The number of pyridine rings is 1. The van der Waals surface area contributed by atoms with Gasteiger partial charge < -0.3 is 10.3 Å². The monoisotopic (exact) mass is 152 g/mol. The third kappa shape index (κ3) is 2.20. The second-order valence-electron chi connectivity index (χ2n) is 2.67. The first-order valence-electron chi connectivity index (χ1n) is 3.61. The van der Waals surface area contributed by atoms with Crippen molar-refractivity contribution in [2.45, 2.75) is 19.5 Å². The number of rotatable bonds is 2. The Morgan fingerprint density at radius 3 is 2.91 bits per heavy atom. The minimum absolute atomic E-state index is 0.00444. The number of nitrogens with two attached hydrogens (primary N) is 1. The summed E-state index contributed by atoms with van der Waals surface area (Å²) in [5.74, 6) is 0. The second-order valence-corrected chi connectivity index (χ2v) is 2.67. The van der Waals surface area contributed by atoms with E-state index in [-0.39, 0.29) is 11.6 Å². The molecule has 0 fully saturated rings. The Kier molecular flexibility index (Phi) is 2.44. The van der Waals surface area contributed by atoms with Crippen LogP contribution in [0.1, 0.15) is 6.92 Å². The van der Waals surface area contributed by atoms with E-state index in [4.69, 9.17) is 5.73 Å². The van der Waals surface area contributed by atoms with E-state index < -0.39 is 0 Å². The highest BCUT2D eigenvalue weighted by molar-refractivity contribution is 4.93. The normalized spacial score (nSPS) is 12.9. The van der Waals surface area contributed by atoms with Crippen LogP contribution in [0.5, 0.6) is 0 Å². The lowest BCUT2D eigenvalue weighted by molar-refractivity contribution is 0.574. The van der Waals surface area contributed by atoms with Gasteiger partial charge in [-0.2, -0.15) is 0 Å². The minimum atomic E-state index is 0.00444. The van der Waals surface area contributed by atoms with Crippen LogP contribution >= 0.6 is 0 Å². The molecule has 1 heterocycles. The van der Waals surface area contributed by atoms with Gasteiger partial charge in [-0.05, 0) is 13.0 Å². The fourth-order valence-corrected chi connectivity index (χ4v) is 0.922. The average Bonchev–Trinajstić information content (AvgIpc) is 1.93. The smallest absolute Gasteiger partial charge is 0.250 e. The van der Waals surface area contributed by atoms with Crippen LogP contribution in [0.4, 0.5) is 0 Å². The average molecular weight is 152 g/mol. The van der Waals surface area contributed by atoms with E-state index >= 15 is 0 Å². The fraction of sp³-hybridized carbons (Fsp3) is 0.375. The van der Waals surface area contributed by atoms with Crippen molar-refractivity contribution in [1.82, 2.24) is 4.57 Å². The SMILES string of the molecule is CC(N)Cn1ccccc1=O. The summed E-state index contributed by atoms with van der Waals surface area (Å²) in [7, 11) is 0. The van der Waals surface area contributed by atoms with Gasteiger partial charge >= 0.3 is 0 Å². The number of nitrogens with zero attached hydrogens (tertiary/aromatic N) is 1. The van der Waals surface area contributed by atoms with Gasteiger partial charge in [-0.1, -0.05) is 6.07 Å². The summed E-state index contributed by atoms with van der Waals surface area (Å²) in [5.41, 5.74) is 5.54. The Morgan fingerprint density at radius 2 is 2.36 bits per heavy atom. The van der Waals surface area contributed by atoms with Crippen LogP contribution < -0.4 is 11.3 Å². The highest BCUT2D eigenvalue weighted by Crippen LogP contribution is 1.84. The van der Waals surface area contributed by atoms with Crippen molar-refractivity contribution < 1.29 is 0 Å². The molecule has 1 aromatic rings. The number of aromatic nitrogens is 1. The molecule has 0 aliphatic heterocycles. The lowest BCUT2D eigenvalue weighted by Gasteiger charge is -2.06. The van der Waals surface area contributed by atoms with Crippen molar-refractivity contribution in [1.29, 1.82) is 0 Å². The molecular formula is C8H12N2O. The molecular weight excluding hydrogens is 140 g/mol. The van der Waals surface area contributed by atoms with Crippen molar-refractivity contribution in [2.24, 2.45) is 5.73 Å². The molecule has 11 heavy (non-hydrogen) atoms. The highest BCUT2D eigenvalue weighted by Gasteiger charge is 1.96. The van der Waals surface area contributed by atoms with Crippen LogP contribution in [0, 0.1) is 0 Å². The Morgan fingerprint density at radius 1 is 1.64 bits per heavy atom. The van der Waals surface area contributed by atoms with E-state index in [1.807, 2.05) is 13.0 Å². The first-order chi connectivity index (χ1) is 5.20. The van der Waals surface area contributed by atoms with Crippen LogP contribution in [0.2, 0.25) is 0 Å². The summed E-state index contributed by atoms with van der Waals surface area (Å²) < 4.78 is 1.60. The molecule has 0 aliphatic carbocycles. The molecule has 2 N–H and O–H groups in total. The molecule has 0 amide bonds. The quantitative estimate of drug-likeness (QED) is 0.658. The highest BCUT2D eigenvalue weighted by atomic mass is 16.1. The second kappa shape index (κ2) is 3.34. The van der Waals surface area contributed by atoms with Crippen molar-refractivity contribution in [3.05, 3.63) is 34.7 Å². The zero-order valence-electron chi connectivity index (χ0n) is 6.53. The van der Waals surface area contributed by atoms with Crippen molar-refractivity contribution in [3.63, 3.8) is 0 Å². The Hall–Kier alpha value is -1.09. The van der Waals surface area contributed by atoms with E-state index in [1.54, 1.807) is 16.8 Å². The number of hydrogen-bond donors (Lipinski definition) is 1. The molecule has 1 atom stereocenters. The first-order valence-corrected chi connectivity index (χ1v) is 3.61. The lowest BCUT2D eigenvalue weighted by Crippen LogP contribution is -2.28. The molecule has 3 heteroatoms. The predicted molar refractivity (Wildman–Crippen MR) is 44.4 cm³/mol. The topological polar surface area (TPSA) is 48.0 Å². The maximum atomic E-state index is 11.1. The molecule has 0 radical (unpaired) electrons. The van der Waals surface area contributed by atoms with Gasteiger partial charge in [0.25, 0.3) is 5.56 Å². The largest absolute Gasteiger partial charge is 0.326 e. The molecule has 1 unspecified atom stereocenters. The third-order valence-electron chi connectivity index (χ3n) is 1.38. The van der Waals surface area contributed by atoms with Crippen molar-refractivity contribution in [2.75, 3.05) is 0 Å². The van der Waals surface area contributed by atoms with Gasteiger partial charge in [0, 0.05) is 24.8 Å². The maximum Gasteiger partial charge on any atom is 0.250 e. The van der Waals surface area contributed by atoms with Gasteiger partial charge in [0.15, 0.2) is 0 Å². The number of hydrogen-bond acceptors (Lipinski definition) is 2. The lowest BCUT2D eigenvalue weighted by atomic mass is 10.3. The van der Waals surface area contributed by atoms with Crippen LogP contribution in [-0.2, 0) is 6.54 Å². The summed E-state index contributed by atoms with van der Waals surface area (Å²) in [6, 6.07) is 5.10. The van der Waals surface area contributed by atoms with E-state index in [1.165, 1.54) is 6.07 Å². The molecule has 0 aliphatic rings. The zero-order chi connectivity index (χ0) is 8.27. The van der Waals surface area contributed by atoms with E-state index in [0.717, 1.165) is 0 Å². The molecule has 1 aromatic heterocycles. The molecule has 0 spiro atoms. The van der Waals surface area contributed by atoms with Gasteiger partial charge in [0.1, 0.15) is 0 Å². The van der Waals surface area contributed by atoms with Gasteiger partial charge in [-0.15, -0.1) is 0 Å². The summed E-state index contributed by atoms with van der Waals surface area (Å²) in [6.07, 6.45) is 1.74. The molecule has 0 saturated carbocycles. The van der Waals surface area contributed by atoms with Gasteiger partial charge in [0.2, 0.25) is 0 Å². The third-order valence-corrected chi connectivity index (χ3v) is 1.38. The van der Waals surface area contributed by atoms with E-state index in [0.29, 0.717) is 6.54 Å². The summed E-state index contributed by atoms with van der Waals surface area (Å²) >= 11 is 0. The van der Waals surface area contributed by atoms with Crippen molar-refractivity contribution in [3.8, 4) is 0 Å². The Balaban J connectivity index is 2.87. The minimum Gasteiger partial charge on any atom is -0.326 e. The Bertz CT molecular complexity index is 277. The molecule has 1 rings (SSSR count). The summed E-state index contributed by atoms with van der Waals surface area (Å²) in [6.45, 7) is 2.46. The van der Waals surface area contributed by atoms with Crippen LogP contribution in [-0.4, -0.2) is 10.6 Å². The first kappa shape index (κ1) is 8.01. The zero-order valence-corrected chi connectivity index (χ0v) is 6.53. The predicted octanol–water partition coefficient (Wildman–Crippen LogP) is 0.195. The summed E-state index contributed by atoms with van der Waals surface area (Å²) in [5, 5.41) is 0. The standard InChI is InChI=1S/C8H12N2O/c1-7(9)6-10-5-3-2-4-8(10)11/h2-5,7H,6,9H2,1H3. The van der Waals surface area contributed by atoms with Gasteiger partial charge in [-0.25, -0.2) is 0 Å². The van der Waals surface area contributed by atoms with E-state index in [2.05, 4.69) is 0 Å².